The van der Waals surface area contributed by atoms with Gasteiger partial charge in [-0.1, -0.05) is 60.7 Å². The molecular formula is C24H26N2O3. The van der Waals surface area contributed by atoms with E-state index in [1.165, 1.54) is 17.4 Å². The molecule has 0 saturated heterocycles. The van der Waals surface area contributed by atoms with Crippen LogP contribution in [0.5, 0.6) is 0 Å². The first kappa shape index (κ1) is 20.4. The smallest absolute Gasteiger partial charge is 0.286 e. The van der Waals surface area contributed by atoms with Crippen LogP contribution in [-0.2, 0) is 4.79 Å². The molecule has 1 aromatic heterocycles. The second-order valence-electron chi connectivity index (χ2n) is 6.85. The fourth-order valence-corrected chi connectivity index (χ4v) is 3.29. The van der Waals surface area contributed by atoms with Gasteiger partial charge in [-0.15, -0.1) is 0 Å². The van der Waals surface area contributed by atoms with Crippen molar-refractivity contribution >= 4 is 11.8 Å². The SMILES string of the molecule is O=C(CCCNC(=O)c1ccco1)NCCC(c1ccccc1)c1ccccc1. The van der Waals surface area contributed by atoms with E-state index in [-0.39, 0.29) is 23.5 Å². The summed E-state index contributed by atoms with van der Waals surface area (Å²) in [4.78, 5) is 23.9. The summed E-state index contributed by atoms with van der Waals surface area (Å²) in [7, 11) is 0. The topological polar surface area (TPSA) is 71.3 Å². The van der Waals surface area contributed by atoms with Crippen molar-refractivity contribution in [3.8, 4) is 0 Å². The lowest BCUT2D eigenvalue weighted by Crippen LogP contribution is -2.28. The van der Waals surface area contributed by atoms with Gasteiger partial charge in [0.05, 0.1) is 6.26 Å². The van der Waals surface area contributed by atoms with Crippen LogP contribution in [0.4, 0.5) is 0 Å². The third-order valence-corrected chi connectivity index (χ3v) is 4.77. The molecule has 0 aliphatic rings. The molecule has 0 saturated carbocycles. The number of benzene rings is 2. The van der Waals surface area contributed by atoms with Crippen molar-refractivity contribution in [1.29, 1.82) is 0 Å². The lowest BCUT2D eigenvalue weighted by atomic mass is 9.88. The van der Waals surface area contributed by atoms with Crippen LogP contribution in [0.25, 0.3) is 0 Å². The Bertz CT molecular complexity index is 838. The maximum atomic E-state index is 12.1. The Hall–Kier alpha value is -3.34. The molecule has 3 rings (SSSR count). The first-order valence-electron chi connectivity index (χ1n) is 9.92. The van der Waals surface area contributed by atoms with Crippen molar-refractivity contribution in [2.24, 2.45) is 0 Å². The Morgan fingerprint density at radius 3 is 2.03 bits per heavy atom. The Morgan fingerprint density at radius 2 is 1.45 bits per heavy atom. The minimum Gasteiger partial charge on any atom is -0.459 e. The molecule has 0 fully saturated rings. The Morgan fingerprint density at radius 1 is 0.793 bits per heavy atom. The highest BCUT2D eigenvalue weighted by Crippen LogP contribution is 2.27. The minimum absolute atomic E-state index is 0.00267. The first-order chi connectivity index (χ1) is 14.2. The molecule has 29 heavy (non-hydrogen) atoms. The zero-order valence-corrected chi connectivity index (χ0v) is 16.3. The summed E-state index contributed by atoms with van der Waals surface area (Å²) in [5, 5.41) is 5.74. The van der Waals surface area contributed by atoms with E-state index in [1.807, 2.05) is 36.4 Å². The van der Waals surface area contributed by atoms with E-state index in [4.69, 9.17) is 4.42 Å². The molecule has 0 spiro atoms. The normalized spacial score (nSPS) is 10.7. The Labute approximate surface area is 171 Å². The van der Waals surface area contributed by atoms with Crippen LogP contribution >= 0.6 is 0 Å². The highest BCUT2D eigenvalue weighted by molar-refractivity contribution is 5.91. The Kier molecular flexibility index (Phi) is 7.63. The van der Waals surface area contributed by atoms with Gasteiger partial charge in [-0.25, -0.2) is 0 Å². The third kappa shape index (κ3) is 6.35. The molecule has 0 atom stereocenters. The van der Waals surface area contributed by atoms with Crippen molar-refractivity contribution in [2.75, 3.05) is 13.1 Å². The van der Waals surface area contributed by atoms with Crippen LogP contribution in [0.2, 0.25) is 0 Å². The highest BCUT2D eigenvalue weighted by Gasteiger charge is 2.14. The maximum Gasteiger partial charge on any atom is 0.286 e. The molecule has 2 aromatic carbocycles. The molecule has 0 aliphatic carbocycles. The van der Waals surface area contributed by atoms with E-state index in [9.17, 15) is 9.59 Å². The van der Waals surface area contributed by atoms with Crippen molar-refractivity contribution < 1.29 is 14.0 Å². The van der Waals surface area contributed by atoms with Gasteiger partial charge in [-0.3, -0.25) is 9.59 Å². The van der Waals surface area contributed by atoms with Crippen molar-refractivity contribution in [3.05, 3.63) is 95.9 Å². The number of hydrogen-bond acceptors (Lipinski definition) is 3. The van der Waals surface area contributed by atoms with Crippen molar-refractivity contribution in [2.45, 2.75) is 25.2 Å². The second-order valence-corrected chi connectivity index (χ2v) is 6.85. The lowest BCUT2D eigenvalue weighted by Gasteiger charge is -2.18. The van der Waals surface area contributed by atoms with Crippen molar-refractivity contribution in [1.82, 2.24) is 10.6 Å². The summed E-state index contributed by atoms with van der Waals surface area (Å²) in [6.07, 6.45) is 3.24. The van der Waals surface area contributed by atoms with E-state index in [0.717, 1.165) is 6.42 Å². The van der Waals surface area contributed by atoms with Crippen molar-refractivity contribution in [3.63, 3.8) is 0 Å². The average Bonchev–Trinajstić information content (AvgIpc) is 3.30. The van der Waals surface area contributed by atoms with Gasteiger partial charge < -0.3 is 15.1 Å². The standard InChI is InChI=1S/C24H26N2O3/c27-23(14-7-16-26-24(28)22-13-8-18-29-22)25-17-15-21(19-9-3-1-4-10-19)20-11-5-2-6-12-20/h1-6,8-13,18,21H,7,14-17H2,(H,25,27)(H,26,28). The fourth-order valence-electron chi connectivity index (χ4n) is 3.29. The molecule has 0 aliphatic heterocycles. The summed E-state index contributed by atoms with van der Waals surface area (Å²) < 4.78 is 5.03. The van der Waals surface area contributed by atoms with Crippen LogP contribution < -0.4 is 10.6 Å². The van der Waals surface area contributed by atoms with Crippen LogP contribution in [0.1, 0.15) is 46.9 Å². The fraction of sp³-hybridized carbons (Fsp3) is 0.250. The maximum absolute atomic E-state index is 12.1. The molecular weight excluding hydrogens is 364 g/mol. The molecule has 2 N–H and O–H groups in total. The lowest BCUT2D eigenvalue weighted by molar-refractivity contribution is -0.121. The van der Waals surface area contributed by atoms with Gasteiger partial charge in [-0.05, 0) is 36.1 Å². The first-order valence-corrected chi connectivity index (χ1v) is 9.92. The summed E-state index contributed by atoms with van der Waals surface area (Å²) in [6, 6.07) is 24.0. The second kappa shape index (κ2) is 10.9. The molecule has 150 valence electrons. The van der Waals surface area contributed by atoms with Crippen LogP contribution in [0.15, 0.2) is 83.5 Å². The molecule has 0 unspecified atom stereocenters. The van der Waals surface area contributed by atoms with Gasteiger partial charge in [0.2, 0.25) is 5.91 Å². The van der Waals surface area contributed by atoms with E-state index in [2.05, 4.69) is 34.9 Å². The van der Waals surface area contributed by atoms with Gasteiger partial charge in [-0.2, -0.15) is 0 Å². The summed E-state index contributed by atoms with van der Waals surface area (Å²) in [6.45, 7) is 1.04. The van der Waals surface area contributed by atoms with Gasteiger partial charge >= 0.3 is 0 Å². The summed E-state index contributed by atoms with van der Waals surface area (Å²) in [5.74, 6) is 0.258. The summed E-state index contributed by atoms with van der Waals surface area (Å²) >= 11 is 0. The number of amides is 2. The zero-order valence-electron chi connectivity index (χ0n) is 16.3. The van der Waals surface area contributed by atoms with Gasteiger partial charge in [0.15, 0.2) is 5.76 Å². The van der Waals surface area contributed by atoms with Gasteiger partial charge in [0.25, 0.3) is 5.91 Å². The number of nitrogens with one attached hydrogen (secondary N) is 2. The van der Waals surface area contributed by atoms with Gasteiger partial charge in [0, 0.05) is 25.4 Å². The van der Waals surface area contributed by atoms with Crippen LogP contribution in [0, 0.1) is 0 Å². The highest BCUT2D eigenvalue weighted by atomic mass is 16.3. The molecule has 5 heteroatoms. The largest absolute Gasteiger partial charge is 0.459 e. The molecule has 5 nitrogen and oxygen atoms in total. The molecule has 3 aromatic rings. The third-order valence-electron chi connectivity index (χ3n) is 4.77. The number of rotatable bonds is 10. The van der Waals surface area contributed by atoms with E-state index >= 15 is 0 Å². The molecule has 0 radical (unpaired) electrons. The van der Waals surface area contributed by atoms with Gasteiger partial charge in [0.1, 0.15) is 0 Å². The molecule has 0 bridgehead atoms. The van der Waals surface area contributed by atoms with Crippen LogP contribution in [-0.4, -0.2) is 24.9 Å². The van der Waals surface area contributed by atoms with E-state index in [1.54, 1.807) is 12.1 Å². The number of carbonyl (C=O) groups excluding carboxylic acids is 2. The molecule has 2 amide bonds. The Balaban J connectivity index is 1.41. The van der Waals surface area contributed by atoms with E-state index < -0.39 is 0 Å². The average molecular weight is 390 g/mol. The zero-order chi connectivity index (χ0) is 20.3. The predicted molar refractivity (Wildman–Crippen MR) is 113 cm³/mol. The number of furan rings is 1. The van der Waals surface area contributed by atoms with Crippen LogP contribution in [0.3, 0.4) is 0 Å². The predicted octanol–water partition coefficient (Wildman–Crippen LogP) is 4.13. The number of carbonyl (C=O) groups is 2. The summed E-state index contributed by atoms with van der Waals surface area (Å²) in [5.41, 5.74) is 2.49. The molecule has 1 heterocycles. The van der Waals surface area contributed by atoms with E-state index in [0.29, 0.717) is 25.9 Å². The minimum atomic E-state index is -0.260. The quantitative estimate of drug-likeness (QED) is 0.512. The monoisotopic (exact) mass is 390 g/mol. The number of hydrogen-bond donors (Lipinski definition) is 2.